The molecule has 0 aliphatic heterocycles. The van der Waals surface area contributed by atoms with Crippen LogP contribution in [0.1, 0.15) is 27.7 Å². The lowest BCUT2D eigenvalue weighted by atomic mass is 9.97. The Morgan fingerprint density at radius 3 is 2.27 bits per heavy atom. The lowest BCUT2D eigenvalue weighted by Crippen LogP contribution is -2.28. The normalized spacial score (nSPS) is 12.0. The molecule has 0 radical (unpaired) electrons. The summed E-state index contributed by atoms with van der Waals surface area (Å²) in [7, 11) is 0. The van der Waals surface area contributed by atoms with Crippen LogP contribution in [0.4, 0.5) is 0 Å². The maximum atomic E-state index is 4.77. The molecule has 11 heavy (non-hydrogen) atoms. The fourth-order valence-electron chi connectivity index (χ4n) is 0.593. The van der Waals surface area contributed by atoms with Gasteiger partial charge in [-0.15, -0.1) is 0 Å². The Balaban J connectivity index is 3.02. The van der Waals surface area contributed by atoms with Gasteiger partial charge in [-0.1, -0.05) is 20.8 Å². The first-order valence-electron chi connectivity index (χ1n) is 4.01. The monoisotopic (exact) mass is 161 g/mol. The molecule has 0 atom stereocenters. The predicted molar refractivity (Wildman–Crippen MR) is 45.0 cm³/mol. The van der Waals surface area contributed by atoms with Crippen molar-refractivity contribution in [2.75, 3.05) is 19.9 Å². The van der Waals surface area contributed by atoms with Crippen LogP contribution >= 0.6 is 0 Å². The van der Waals surface area contributed by atoms with Gasteiger partial charge in [0.2, 0.25) is 0 Å². The van der Waals surface area contributed by atoms with E-state index < -0.39 is 0 Å². The van der Waals surface area contributed by atoms with Crippen LogP contribution < -0.4 is 5.32 Å². The molecule has 0 aromatic carbocycles. The predicted octanol–water partition coefficient (Wildman–Crippen LogP) is 1.55. The Morgan fingerprint density at radius 2 is 1.82 bits per heavy atom. The second-order valence-corrected chi connectivity index (χ2v) is 3.66. The van der Waals surface area contributed by atoms with Crippen LogP contribution in [0.25, 0.3) is 0 Å². The van der Waals surface area contributed by atoms with E-state index in [0.29, 0.717) is 18.8 Å². The average molecular weight is 161 g/mol. The van der Waals surface area contributed by atoms with Crippen molar-refractivity contribution in [3.63, 3.8) is 0 Å². The molecule has 0 amide bonds. The highest BCUT2D eigenvalue weighted by atomic mass is 17.2. The van der Waals surface area contributed by atoms with E-state index in [1.807, 2.05) is 6.92 Å². The topological polar surface area (TPSA) is 30.5 Å². The smallest absolute Gasteiger partial charge is 0.133 e. The SMILES string of the molecule is CCOOCNCC(C)(C)C. The highest BCUT2D eigenvalue weighted by Crippen LogP contribution is 2.09. The van der Waals surface area contributed by atoms with E-state index in [2.05, 4.69) is 31.0 Å². The van der Waals surface area contributed by atoms with Crippen molar-refractivity contribution in [3.05, 3.63) is 0 Å². The largest absolute Gasteiger partial charge is 0.292 e. The Hall–Kier alpha value is -0.120. The summed E-state index contributed by atoms with van der Waals surface area (Å²) >= 11 is 0. The van der Waals surface area contributed by atoms with Crippen molar-refractivity contribution in [3.8, 4) is 0 Å². The van der Waals surface area contributed by atoms with Crippen molar-refractivity contribution >= 4 is 0 Å². The first-order valence-corrected chi connectivity index (χ1v) is 4.01. The standard InChI is InChI=1S/C8H19NO2/c1-5-10-11-7-9-6-8(2,3)4/h9H,5-7H2,1-4H3. The molecule has 0 bridgehead atoms. The fraction of sp³-hybridized carbons (Fsp3) is 1.00. The quantitative estimate of drug-likeness (QED) is 0.287. The molecule has 68 valence electrons. The van der Waals surface area contributed by atoms with Crippen LogP contribution in [-0.4, -0.2) is 19.9 Å². The summed E-state index contributed by atoms with van der Waals surface area (Å²) in [6, 6.07) is 0. The molecule has 0 fully saturated rings. The van der Waals surface area contributed by atoms with Gasteiger partial charge in [-0.05, 0) is 12.3 Å². The van der Waals surface area contributed by atoms with Crippen LogP contribution in [0.2, 0.25) is 0 Å². The maximum absolute atomic E-state index is 4.77. The number of nitrogens with one attached hydrogen (secondary N) is 1. The molecule has 0 aromatic rings. The van der Waals surface area contributed by atoms with E-state index in [4.69, 9.17) is 4.89 Å². The zero-order chi connectivity index (χ0) is 8.74. The van der Waals surface area contributed by atoms with Crippen LogP contribution in [0, 0.1) is 5.41 Å². The summed E-state index contributed by atoms with van der Waals surface area (Å²) in [6.45, 7) is 10.4. The number of rotatable bonds is 5. The number of hydrogen-bond donors (Lipinski definition) is 1. The van der Waals surface area contributed by atoms with Crippen LogP contribution in [-0.2, 0) is 9.78 Å². The van der Waals surface area contributed by atoms with Gasteiger partial charge in [-0.3, -0.25) is 5.32 Å². The minimum atomic E-state index is 0.301. The van der Waals surface area contributed by atoms with E-state index in [9.17, 15) is 0 Å². The highest BCUT2D eigenvalue weighted by molar-refractivity contribution is 4.62. The summed E-state index contributed by atoms with van der Waals surface area (Å²) in [4.78, 5) is 9.45. The van der Waals surface area contributed by atoms with Gasteiger partial charge in [-0.25, -0.2) is 9.78 Å². The van der Waals surface area contributed by atoms with Crippen LogP contribution in [0.5, 0.6) is 0 Å². The third kappa shape index (κ3) is 9.88. The van der Waals surface area contributed by atoms with Crippen LogP contribution in [0.15, 0.2) is 0 Å². The van der Waals surface area contributed by atoms with Gasteiger partial charge in [0.15, 0.2) is 0 Å². The molecule has 0 unspecified atom stereocenters. The summed E-state index contributed by atoms with van der Waals surface area (Å²) < 4.78 is 0. The van der Waals surface area contributed by atoms with Crippen molar-refractivity contribution in [1.29, 1.82) is 0 Å². The molecule has 3 heteroatoms. The molecule has 0 heterocycles. The van der Waals surface area contributed by atoms with Gasteiger partial charge in [0.05, 0.1) is 6.61 Å². The van der Waals surface area contributed by atoms with Gasteiger partial charge in [0.25, 0.3) is 0 Å². The van der Waals surface area contributed by atoms with E-state index in [0.717, 1.165) is 6.54 Å². The van der Waals surface area contributed by atoms with Gasteiger partial charge in [-0.2, -0.15) is 0 Å². The van der Waals surface area contributed by atoms with E-state index in [1.54, 1.807) is 0 Å². The summed E-state index contributed by atoms with van der Waals surface area (Å²) in [5.41, 5.74) is 0.301. The summed E-state index contributed by atoms with van der Waals surface area (Å²) in [5.74, 6) is 0. The highest BCUT2D eigenvalue weighted by Gasteiger charge is 2.08. The van der Waals surface area contributed by atoms with E-state index in [-0.39, 0.29) is 0 Å². The molecule has 0 rings (SSSR count). The zero-order valence-electron chi connectivity index (χ0n) is 7.94. The molecular weight excluding hydrogens is 142 g/mol. The van der Waals surface area contributed by atoms with Crippen molar-refractivity contribution in [2.24, 2.45) is 5.41 Å². The minimum absolute atomic E-state index is 0.301. The van der Waals surface area contributed by atoms with Gasteiger partial charge >= 0.3 is 0 Å². The maximum Gasteiger partial charge on any atom is 0.133 e. The fourth-order valence-corrected chi connectivity index (χ4v) is 0.593. The lowest BCUT2D eigenvalue weighted by Gasteiger charge is -2.18. The van der Waals surface area contributed by atoms with Crippen molar-refractivity contribution < 1.29 is 9.78 Å². The molecule has 1 N–H and O–H groups in total. The number of hydrogen-bond acceptors (Lipinski definition) is 3. The van der Waals surface area contributed by atoms with E-state index >= 15 is 0 Å². The summed E-state index contributed by atoms with van der Waals surface area (Å²) in [6.07, 6.45) is 0. The van der Waals surface area contributed by atoms with Crippen molar-refractivity contribution in [2.45, 2.75) is 27.7 Å². The Bertz CT molecular complexity index is 88.6. The van der Waals surface area contributed by atoms with Gasteiger partial charge in [0.1, 0.15) is 6.73 Å². The molecule has 0 aromatic heterocycles. The summed E-state index contributed by atoms with van der Waals surface area (Å²) in [5, 5.41) is 3.11. The van der Waals surface area contributed by atoms with Crippen molar-refractivity contribution in [1.82, 2.24) is 5.32 Å². The van der Waals surface area contributed by atoms with Crippen LogP contribution in [0.3, 0.4) is 0 Å². The van der Waals surface area contributed by atoms with Gasteiger partial charge < -0.3 is 0 Å². The van der Waals surface area contributed by atoms with Gasteiger partial charge in [0, 0.05) is 6.54 Å². The Labute approximate surface area is 69.0 Å². The Morgan fingerprint density at radius 1 is 1.18 bits per heavy atom. The molecule has 0 spiro atoms. The first-order chi connectivity index (χ1) is 5.06. The molecule has 3 nitrogen and oxygen atoms in total. The Kier molecular flexibility index (Phi) is 5.46. The average Bonchev–Trinajstić information content (AvgIpc) is 1.85. The zero-order valence-corrected chi connectivity index (χ0v) is 7.94. The molecule has 0 aliphatic carbocycles. The third-order valence-corrected chi connectivity index (χ3v) is 1.02. The van der Waals surface area contributed by atoms with E-state index in [1.165, 1.54) is 0 Å². The lowest BCUT2D eigenvalue weighted by molar-refractivity contribution is -0.295. The first kappa shape index (κ1) is 10.9. The molecule has 0 aliphatic rings. The second-order valence-electron chi connectivity index (χ2n) is 3.66. The minimum Gasteiger partial charge on any atom is -0.292 e. The second kappa shape index (κ2) is 5.52. The molecule has 0 saturated heterocycles. The molecule has 0 saturated carbocycles. The third-order valence-electron chi connectivity index (χ3n) is 1.02. The molecular formula is C8H19NO2.